The van der Waals surface area contributed by atoms with Gasteiger partial charge in [0.2, 0.25) is 10.0 Å². The number of sulfonamides is 1. The van der Waals surface area contributed by atoms with Crippen molar-refractivity contribution >= 4 is 37.9 Å². The highest BCUT2D eigenvalue weighted by atomic mass is 79.9. The van der Waals surface area contributed by atoms with E-state index in [1.165, 1.54) is 12.1 Å². The lowest BCUT2D eigenvalue weighted by Crippen LogP contribution is -2.11. The van der Waals surface area contributed by atoms with E-state index < -0.39 is 10.0 Å². The number of nitrogens with one attached hydrogen (secondary N) is 1. The highest BCUT2D eigenvalue weighted by Crippen LogP contribution is 2.15. The Bertz CT molecular complexity index is 728. The molecule has 20 heavy (non-hydrogen) atoms. The van der Waals surface area contributed by atoms with Crippen molar-refractivity contribution in [3.05, 3.63) is 58.6 Å². The summed E-state index contributed by atoms with van der Waals surface area (Å²) in [6.07, 6.45) is 1.66. The second-order valence-electron chi connectivity index (χ2n) is 3.96. The van der Waals surface area contributed by atoms with Gasteiger partial charge in [0.15, 0.2) is 0 Å². The number of rotatable bonds is 4. The van der Waals surface area contributed by atoms with Gasteiger partial charge in [0, 0.05) is 10.0 Å². The Balaban J connectivity index is 2.07. The van der Waals surface area contributed by atoms with Crippen LogP contribution in [0.2, 0.25) is 0 Å². The van der Waals surface area contributed by atoms with Gasteiger partial charge in [0.25, 0.3) is 0 Å². The molecule has 0 radical (unpaired) electrons. The lowest BCUT2D eigenvalue weighted by Gasteiger charge is -2.02. The van der Waals surface area contributed by atoms with E-state index in [2.05, 4.69) is 26.5 Å². The molecule has 0 spiro atoms. The van der Waals surface area contributed by atoms with Gasteiger partial charge in [-0.15, -0.1) is 0 Å². The van der Waals surface area contributed by atoms with Crippen molar-refractivity contribution in [2.75, 3.05) is 5.43 Å². The molecule has 7 heteroatoms. The lowest BCUT2D eigenvalue weighted by molar-refractivity contribution is 0.598. The number of primary sulfonamides is 1. The topological polar surface area (TPSA) is 84.5 Å². The van der Waals surface area contributed by atoms with Crippen LogP contribution >= 0.6 is 15.9 Å². The smallest absolute Gasteiger partial charge is 0.238 e. The van der Waals surface area contributed by atoms with Crippen LogP contribution in [0, 0.1) is 0 Å². The number of hydrogen-bond donors (Lipinski definition) is 2. The number of anilines is 1. The largest absolute Gasteiger partial charge is 0.279 e. The maximum atomic E-state index is 11.1. The molecule has 0 aliphatic carbocycles. The molecule has 2 aromatic rings. The average Bonchev–Trinajstić information content (AvgIpc) is 2.40. The van der Waals surface area contributed by atoms with Crippen LogP contribution in [-0.2, 0) is 10.0 Å². The molecule has 5 nitrogen and oxygen atoms in total. The molecule has 2 rings (SSSR count). The lowest BCUT2D eigenvalue weighted by atomic mass is 10.2. The van der Waals surface area contributed by atoms with Gasteiger partial charge in [-0.05, 0) is 30.3 Å². The van der Waals surface area contributed by atoms with E-state index in [0.29, 0.717) is 5.69 Å². The molecule has 0 heterocycles. The fourth-order valence-corrected chi connectivity index (χ4v) is 2.38. The first-order chi connectivity index (χ1) is 9.47. The van der Waals surface area contributed by atoms with Crippen LogP contribution in [0.4, 0.5) is 5.69 Å². The van der Waals surface area contributed by atoms with Gasteiger partial charge in [-0.3, -0.25) is 5.43 Å². The van der Waals surface area contributed by atoms with Crippen LogP contribution in [0.3, 0.4) is 0 Å². The van der Waals surface area contributed by atoms with Crippen molar-refractivity contribution < 1.29 is 8.42 Å². The molecule has 0 amide bonds. The maximum absolute atomic E-state index is 11.1. The number of hydrogen-bond acceptors (Lipinski definition) is 4. The molecule has 2 aromatic carbocycles. The van der Waals surface area contributed by atoms with E-state index in [9.17, 15) is 8.42 Å². The molecule has 0 aliphatic rings. The maximum Gasteiger partial charge on any atom is 0.238 e. The summed E-state index contributed by atoms with van der Waals surface area (Å²) in [6, 6.07) is 13.7. The number of halogens is 1. The number of benzene rings is 2. The van der Waals surface area contributed by atoms with Gasteiger partial charge in [-0.25, -0.2) is 13.6 Å². The minimum atomic E-state index is -3.66. The van der Waals surface area contributed by atoms with Crippen LogP contribution in [-0.4, -0.2) is 14.6 Å². The first kappa shape index (κ1) is 14.7. The van der Waals surface area contributed by atoms with Crippen molar-refractivity contribution in [3.8, 4) is 0 Å². The van der Waals surface area contributed by atoms with Gasteiger partial charge in [0.05, 0.1) is 16.8 Å². The minimum Gasteiger partial charge on any atom is -0.279 e. The van der Waals surface area contributed by atoms with E-state index in [1.54, 1.807) is 18.3 Å². The van der Waals surface area contributed by atoms with Gasteiger partial charge in [-0.1, -0.05) is 34.1 Å². The van der Waals surface area contributed by atoms with Crippen LogP contribution in [0.5, 0.6) is 0 Å². The Hall–Kier alpha value is -1.70. The fourth-order valence-electron chi connectivity index (χ4n) is 1.48. The third-order valence-electron chi connectivity index (χ3n) is 2.49. The Kier molecular flexibility index (Phi) is 4.53. The van der Waals surface area contributed by atoms with Gasteiger partial charge < -0.3 is 0 Å². The summed E-state index contributed by atoms with van der Waals surface area (Å²) in [5, 5.41) is 9.10. The first-order valence-corrected chi connectivity index (χ1v) is 7.97. The van der Waals surface area contributed by atoms with Crippen molar-refractivity contribution in [1.82, 2.24) is 0 Å². The van der Waals surface area contributed by atoms with Crippen molar-refractivity contribution in [3.63, 3.8) is 0 Å². The van der Waals surface area contributed by atoms with E-state index in [1.807, 2.05) is 24.3 Å². The van der Waals surface area contributed by atoms with Gasteiger partial charge >= 0.3 is 0 Å². The zero-order valence-electron chi connectivity index (χ0n) is 10.3. The van der Waals surface area contributed by atoms with E-state index in [0.717, 1.165) is 10.0 Å². The number of nitrogens with zero attached hydrogens (tertiary/aromatic N) is 1. The molecule has 0 bridgehead atoms. The fraction of sp³-hybridized carbons (Fsp3) is 0. The third kappa shape index (κ3) is 3.89. The molecule has 104 valence electrons. The average molecular weight is 354 g/mol. The van der Waals surface area contributed by atoms with Gasteiger partial charge in [-0.2, -0.15) is 5.10 Å². The summed E-state index contributed by atoms with van der Waals surface area (Å²) in [5.41, 5.74) is 4.41. The third-order valence-corrected chi connectivity index (χ3v) is 4.14. The van der Waals surface area contributed by atoms with Crippen molar-refractivity contribution in [2.45, 2.75) is 4.90 Å². The predicted molar refractivity (Wildman–Crippen MR) is 83.2 cm³/mol. The monoisotopic (exact) mass is 353 g/mol. The molecule has 0 fully saturated rings. The standard InChI is InChI=1S/C13H12BrN3O2S/c14-13-4-2-1-3-10(13)9-16-17-11-5-7-12(8-6-11)20(15,18)19/h1-9,17H,(H2,15,18,19)/b16-9-. The minimum absolute atomic E-state index is 0.0674. The van der Waals surface area contributed by atoms with Crippen molar-refractivity contribution in [1.29, 1.82) is 0 Å². The summed E-state index contributed by atoms with van der Waals surface area (Å²) in [6.45, 7) is 0. The van der Waals surface area contributed by atoms with Crippen LogP contribution in [0.15, 0.2) is 63.0 Å². The highest BCUT2D eigenvalue weighted by Gasteiger charge is 2.06. The zero-order valence-corrected chi connectivity index (χ0v) is 12.7. The summed E-state index contributed by atoms with van der Waals surface area (Å²) < 4.78 is 23.1. The number of hydrazone groups is 1. The molecule has 0 aliphatic heterocycles. The summed E-state index contributed by atoms with van der Waals surface area (Å²) >= 11 is 3.41. The second-order valence-corrected chi connectivity index (χ2v) is 6.38. The molecular formula is C13H12BrN3O2S. The van der Waals surface area contributed by atoms with Crippen LogP contribution in [0.25, 0.3) is 0 Å². The Morgan fingerprint density at radius 3 is 2.35 bits per heavy atom. The molecule has 0 saturated heterocycles. The number of nitrogens with two attached hydrogens (primary N) is 1. The summed E-state index contributed by atoms with van der Waals surface area (Å²) in [5.74, 6) is 0. The SMILES string of the molecule is NS(=O)(=O)c1ccc(N/N=C\c2ccccc2Br)cc1. The van der Waals surface area contributed by atoms with E-state index in [4.69, 9.17) is 5.14 Å². The van der Waals surface area contributed by atoms with Crippen LogP contribution < -0.4 is 10.6 Å². The quantitative estimate of drug-likeness (QED) is 0.654. The molecule has 0 saturated carbocycles. The normalized spacial score (nSPS) is 11.7. The summed E-state index contributed by atoms with van der Waals surface area (Å²) in [4.78, 5) is 0.0674. The molecular weight excluding hydrogens is 342 g/mol. The molecule has 0 atom stereocenters. The Morgan fingerprint density at radius 2 is 1.75 bits per heavy atom. The van der Waals surface area contributed by atoms with E-state index >= 15 is 0 Å². The Morgan fingerprint density at radius 1 is 1.10 bits per heavy atom. The Labute approximate surface area is 125 Å². The first-order valence-electron chi connectivity index (χ1n) is 5.63. The van der Waals surface area contributed by atoms with Crippen LogP contribution in [0.1, 0.15) is 5.56 Å². The van der Waals surface area contributed by atoms with Crippen molar-refractivity contribution in [2.24, 2.45) is 10.2 Å². The molecule has 3 N–H and O–H groups in total. The molecule has 0 unspecified atom stereocenters. The van der Waals surface area contributed by atoms with E-state index in [-0.39, 0.29) is 4.90 Å². The predicted octanol–water partition coefficient (Wildman–Crippen LogP) is 2.54. The van der Waals surface area contributed by atoms with Gasteiger partial charge in [0.1, 0.15) is 0 Å². The second kappa shape index (κ2) is 6.17. The summed E-state index contributed by atoms with van der Waals surface area (Å²) in [7, 11) is -3.66. The molecule has 0 aromatic heterocycles. The highest BCUT2D eigenvalue weighted by molar-refractivity contribution is 9.10. The zero-order chi connectivity index (χ0) is 14.6.